The SMILES string of the molecule is COC[C@@]1(F)C[C@@H](C(=O)NCc2ccc(C(=N)N)s2)N(C(=O)CNC(=O)c2ccc(Oc3ccc(F)cc3)cc2)C1. The number of benzene rings is 2. The van der Waals surface area contributed by atoms with Gasteiger partial charge in [0.15, 0.2) is 5.67 Å². The maximum Gasteiger partial charge on any atom is 0.251 e. The van der Waals surface area contributed by atoms with Gasteiger partial charge in [0, 0.05) is 24.0 Å². The predicted molar refractivity (Wildman–Crippen MR) is 148 cm³/mol. The van der Waals surface area contributed by atoms with Crippen LogP contribution in [0.4, 0.5) is 8.78 Å². The van der Waals surface area contributed by atoms with Crippen LogP contribution in [0.3, 0.4) is 0 Å². The minimum Gasteiger partial charge on any atom is -0.457 e. The van der Waals surface area contributed by atoms with Gasteiger partial charge in [-0.1, -0.05) is 0 Å². The highest BCUT2D eigenvalue weighted by molar-refractivity contribution is 7.14. The van der Waals surface area contributed by atoms with E-state index < -0.39 is 41.8 Å². The molecule has 5 N–H and O–H groups in total. The number of amidine groups is 1. The largest absolute Gasteiger partial charge is 0.457 e. The van der Waals surface area contributed by atoms with E-state index in [9.17, 15) is 18.8 Å². The van der Waals surface area contributed by atoms with Gasteiger partial charge in [0.05, 0.1) is 31.1 Å². The molecule has 0 unspecified atom stereocenters. The molecule has 13 heteroatoms. The molecule has 3 amide bonds. The normalized spacial score (nSPS) is 18.1. The van der Waals surface area contributed by atoms with Gasteiger partial charge in [-0.05, 0) is 60.7 Å². The average Bonchev–Trinajstić information content (AvgIpc) is 3.57. The molecule has 4 rings (SSSR count). The summed E-state index contributed by atoms with van der Waals surface area (Å²) in [6, 6.07) is 13.9. The first kappa shape index (κ1) is 29.6. The molecule has 0 saturated carbocycles. The third-order valence-electron chi connectivity index (χ3n) is 6.35. The standard InChI is InChI=1S/C28H29F2N5O5S/c1-39-16-28(30)12-22(27(38)33-13-21-10-11-23(41-21)25(31)32)35(15-28)24(36)14-34-26(37)17-2-6-19(7-3-17)40-20-8-4-18(29)5-9-20/h2-11,22H,12-16H2,1H3,(H3,31,32)(H,33,38)(H,34,37)/t22-,28+/m0/s1. The Morgan fingerprint density at radius 3 is 2.34 bits per heavy atom. The van der Waals surface area contributed by atoms with Crippen molar-refractivity contribution in [3.05, 3.63) is 81.8 Å². The molecule has 2 heterocycles. The van der Waals surface area contributed by atoms with Crippen molar-refractivity contribution in [1.82, 2.24) is 15.5 Å². The van der Waals surface area contributed by atoms with Crippen molar-refractivity contribution in [2.75, 3.05) is 26.8 Å². The average molecular weight is 586 g/mol. The molecule has 1 saturated heterocycles. The number of nitrogen functional groups attached to an aromatic ring is 1. The van der Waals surface area contributed by atoms with Gasteiger partial charge < -0.3 is 30.7 Å². The first-order valence-corrected chi connectivity index (χ1v) is 13.4. The van der Waals surface area contributed by atoms with Crippen LogP contribution >= 0.6 is 11.3 Å². The zero-order valence-electron chi connectivity index (χ0n) is 22.1. The number of carbonyl (C=O) groups excluding carboxylic acids is 3. The highest BCUT2D eigenvalue weighted by atomic mass is 32.1. The zero-order chi connectivity index (χ0) is 29.6. The van der Waals surface area contributed by atoms with Crippen LogP contribution < -0.4 is 21.1 Å². The van der Waals surface area contributed by atoms with Crippen LogP contribution in [0.2, 0.25) is 0 Å². The minimum atomic E-state index is -1.93. The van der Waals surface area contributed by atoms with Gasteiger partial charge in [-0.2, -0.15) is 0 Å². The van der Waals surface area contributed by atoms with Gasteiger partial charge >= 0.3 is 0 Å². The molecular formula is C28H29F2N5O5S. The van der Waals surface area contributed by atoms with Crippen LogP contribution in [0, 0.1) is 11.2 Å². The number of amides is 3. The quantitative estimate of drug-likeness (QED) is 0.201. The molecule has 1 aliphatic rings. The molecule has 0 bridgehead atoms. The Kier molecular flexibility index (Phi) is 9.30. The Morgan fingerprint density at radius 1 is 1.07 bits per heavy atom. The number of thiophene rings is 1. The summed E-state index contributed by atoms with van der Waals surface area (Å²) in [4.78, 5) is 41.2. The topological polar surface area (TPSA) is 147 Å². The second kappa shape index (κ2) is 12.9. The van der Waals surface area contributed by atoms with Crippen LogP contribution in [0.1, 0.15) is 26.5 Å². The molecule has 10 nitrogen and oxygen atoms in total. The number of nitrogens with two attached hydrogens (primary N) is 1. The van der Waals surface area contributed by atoms with E-state index in [0.717, 1.165) is 9.78 Å². The van der Waals surface area contributed by atoms with Gasteiger partial charge in [0.2, 0.25) is 11.8 Å². The molecule has 0 radical (unpaired) electrons. The van der Waals surface area contributed by atoms with Crippen LogP contribution in [-0.4, -0.2) is 67.0 Å². The second-order valence-electron chi connectivity index (χ2n) is 9.49. The molecular weight excluding hydrogens is 556 g/mol. The molecule has 2 atom stereocenters. The smallest absolute Gasteiger partial charge is 0.251 e. The van der Waals surface area contributed by atoms with Crippen molar-refractivity contribution in [1.29, 1.82) is 5.41 Å². The van der Waals surface area contributed by atoms with E-state index in [1.54, 1.807) is 24.3 Å². The number of likely N-dealkylation sites (tertiary alicyclic amines) is 1. The summed E-state index contributed by atoms with van der Waals surface area (Å²) >= 11 is 1.24. The van der Waals surface area contributed by atoms with Crippen LogP contribution in [-0.2, 0) is 20.9 Å². The van der Waals surface area contributed by atoms with Gasteiger partial charge in [-0.3, -0.25) is 19.8 Å². The van der Waals surface area contributed by atoms with Gasteiger partial charge in [-0.15, -0.1) is 11.3 Å². The maximum atomic E-state index is 15.4. The minimum absolute atomic E-state index is 0.0850. The lowest BCUT2D eigenvalue weighted by Gasteiger charge is -2.24. The second-order valence-corrected chi connectivity index (χ2v) is 10.7. The molecule has 3 aromatic rings. The molecule has 1 aromatic heterocycles. The highest BCUT2D eigenvalue weighted by Crippen LogP contribution is 2.31. The summed E-state index contributed by atoms with van der Waals surface area (Å²) < 4.78 is 39.1. The molecule has 216 valence electrons. The van der Waals surface area contributed by atoms with Gasteiger partial charge in [0.1, 0.15) is 29.2 Å². The van der Waals surface area contributed by atoms with Crippen LogP contribution in [0.25, 0.3) is 0 Å². The fraction of sp³-hybridized carbons (Fsp3) is 0.286. The number of halogens is 2. The summed E-state index contributed by atoms with van der Waals surface area (Å²) in [5, 5.41) is 12.7. The molecule has 0 spiro atoms. The number of alkyl halides is 1. The number of nitrogens with zero attached hydrogens (tertiary/aromatic N) is 1. The van der Waals surface area contributed by atoms with E-state index >= 15 is 4.39 Å². The van der Waals surface area contributed by atoms with E-state index in [1.807, 2.05) is 0 Å². The molecule has 2 aromatic carbocycles. The summed E-state index contributed by atoms with van der Waals surface area (Å²) in [5.41, 5.74) is 3.80. The maximum absolute atomic E-state index is 15.4. The van der Waals surface area contributed by atoms with Gasteiger partial charge in [0.25, 0.3) is 5.91 Å². The van der Waals surface area contributed by atoms with E-state index in [2.05, 4.69) is 10.6 Å². The lowest BCUT2D eigenvalue weighted by molar-refractivity contribution is -0.137. The number of rotatable bonds is 11. The molecule has 41 heavy (non-hydrogen) atoms. The number of ether oxygens (including phenoxy) is 2. The fourth-order valence-electron chi connectivity index (χ4n) is 4.38. The Balaban J connectivity index is 1.35. The van der Waals surface area contributed by atoms with E-state index in [-0.39, 0.29) is 37.5 Å². The number of nitrogens with one attached hydrogen (secondary N) is 3. The fourth-order valence-corrected chi connectivity index (χ4v) is 5.19. The summed E-state index contributed by atoms with van der Waals surface area (Å²) in [6.07, 6.45) is -0.259. The summed E-state index contributed by atoms with van der Waals surface area (Å²) in [6.45, 7) is -0.994. The predicted octanol–water partition coefficient (Wildman–Crippen LogP) is 2.97. The number of hydrogen-bond donors (Lipinski definition) is 4. The third kappa shape index (κ3) is 7.64. The zero-order valence-corrected chi connectivity index (χ0v) is 22.9. The van der Waals surface area contributed by atoms with E-state index in [1.165, 1.54) is 54.8 Å². The van der Waals surface area contributed by atoms with Crippen molar-refractivity contribution in [3.8, 4) is 11.5 Å². The summed E-state index contributed by atoms with van der Waals surface area (Å²) in [7, 11) is 1.33. The van der Waals surface area contributed by atoms with Crippen LogP contribution in [0.5, 0.6) is 11.5 Å². The van der Waals surface area contributed by atoms with Gasteiger partial charge in [-0.25, -0.2) is 8.78 Å². The number of methoxy groups -OCH3 is 1. The van der Waals surface area contributed by atoms with Crippen molar-refractivity contribution in [2.24, 2.45) is 5.73 Å². The Labute approximate surface area is 238 Å². The Morgan fingerprint density at radius 2 is 1.73 bits per heavy atom. The molecule has 1 aliphatic heterocycles. The monoisotopic (exact) mass is 585 g/mol. The number of carbonyl (C=O) groups is 3. The first-order chi connectivity index (χ1) is 19.6. The lowest BCUT2D eigenvalue weighted by Crippen LogP contribution is -2.49. The lowest BCUT2D eigenvalue weighted by atomic mass is 10.0. The summed E-state index contributed by atoms with van der Waals surface area (Å²) in [5.74, 6) is -1.35. The van der Waals surface area contributed by atoms with E-state index in [4.69, 9.17) is 20.6 Å². The molecule has 0 aliphatic carbocycles. The number of hydrogen-bond acceptors (Lipinski definition) is 7. The van der Waals surface area contributed by atoms with Crippen molar-refractivity contribution < 1.29 is 32.6 Å². The third-order valence-corrected chi connectivity index (χ3v) is 7.46. The van der Waals surface area contributed by atoms with Crippen LogP contribution in [0.15, 0.2) is 60.7 Å². The van der Waals surface area contributed by atoms with Crippen molar-refractivity contribution in [2.45, 2.75) is 24.7 Å². The van der Waals surface area contributed by atoms with E-state index in [0.29, 0.717) is 16.4 Å². The highest BCUT2D eigenvalue weighted by Gasteiger charge is 2.49. The van der Waals surface area contributed by atoms with Crippen molar-refractivity contribution in [3.63, 3.8) is 0 Å². The molecule has 1 fully saturated rings. The Hall–Kier alpha value is -4.36. The van der Waals surface area contributed by atoms with Crippen molar-refractivity contribution >= 4 is 34.9 Å². The first-order valence-electron chi connectivity index (χ1n) is 12.6. The Bertz CT molecular complexity index is 1420.